The van der Waals surface area contributed by atoms with Gasteiger partial charge in [0, 0.05) is 32.7 Å². The van der Waals surface area contributed by atoms with Crippen LogP contribution in [-0.4, -0.2) is 52.2 Å². The average Bonchev–Trinajstić information content (AvgIpc) is 2.95. The average molecular weight is 315 g/mol. The molecule has 0 saturated carbocycles. The minimum Gasteiger partial charge on any atom is -0.368 e. The molecule has 0 spiro atoms. The molecule has 7 heteroatoms. The van der Waals surface area contributed by atoms with Crippen LogP contribution in [0.1, 0.15) is 23.0 Å². The zero-order valence-corrected chi connectivity index (χ0v) is 13.2. The number of hydrogen-bond acceptors (Lipinski definition) is 6. The molecule has 7 nitrogen and oxygen atoms in total. The maximum absolute atomic E-state index is 11.9. The molecule has 1 aliphatic heterocycles. The Hall–Kier alpha value is -2.25. The van der Waals surface area contributed by atoms with E-state index in [2.05, 4.69) is 20.1 Å². The molecule has 0 bridgehead atoms. The second kappa shape index (κ2) is 6.89. The molecule has 1 amide bonds. The van der Waals surface area contributed by atoms with E-state index in [0.29, 0.717) is 0 Å². The summed E-state index contributed by atoms with van der Waals surface area (Å²) in [6.07, 6.45) is 0. The summed E-state index contributed by atoms with van der Waals surface area (Å²) < 4.78 is 4.74. The fourth-order valence-corrected chi connectivity index (χ4v) is 2.97. The van der Waals surface area contributed by atoms with E-state index >= 15 is 0 Å². The van der Waals surface area contributed by atoms with Crippen molar-refractivity contribution < 1.29 is 9.42 Å². The second-order valence-electron chi connectivity index (χ2n) is 5.82. The van der Waals surface area contributed by atoms with E-state index in [1.165, 1.54) is 0 Å². The van der Waals surface area contributed by atoms with Crippen LogP contribution in [0.25, 0.3) is 0 Å². The number of primary amides is 1. The Morgan fingerprint density at radius 3 is 2.48 bits per heavy atom. The number of aromatic nitrogens is 2. The molecule has 1 fully saturated rings. The third-order valence-electron chi connectivity index (χ3n) is 4.28. The molecule has 3 rings (SSSR count). The number of nitrogens with two attached hydrogens (primary N) is 1. The smallest absolute Gasteiger partial charge is 0.239 e. The quantitative estimate of drug-likeness (QED) is 0.875. The van der Waals surface area contributed by atoms with Crippen LogP contribution in [0.3, 0.4) is 0 Å². The first-order valence-electron chi connectivity index (χ1n) is 7.74. The summed E-state index contributed by atoms with van der Waals surface area (Å²) in [5, 5.41) is 7.73. The van der Waals surface area contributed by atoms with E-state index in [0.717, 1.165) is 49.7 Å². The Bertz CT molecular complexity index is 650. The van der Waals surface area contributed by atoms with Gasteiger partial charge in [-0.2, -0.15) is 0 Å². The summed E-state index contributed by atoms with van der Waals surface area (Å²) in [6, 6.07) is 9.34. The molecule has 0 radical (unpaired) electrons. The van der Waals surface area contributed by atoms with Gasteiger partial charge in [-0.25, -0.2) is 4.63 Å². The summed E-state index contributed by atoms with van der Waals surface area (Å²) in [5.41, 5.74) is 8.28. The van der Waals surface area contributed by atoms with Gasteiger partial charge in [0.05, 0.1) is 0 Å². The number of rotatable bonds is 5. The Labute approximate surface area is 135 Å². The molecule has 1 unspecified atom stereocenters. The second-order valence-corrected chi connectivity index (χ2v) is 5.82. The first-order chi connectivity index (χ1) is 11.1. The highest BCUT2D eigenvalue weighted by atomic mass is 16.6. The molecule has 2 aromatic rings. The highest BCUT2D eigenvalue weighted by Crippen LogP contribution is 2.22. The van der Waals surface area contributed by atoms with Gasteiger partial charge >= 0.3 is 0 Å². The lowest BCUT2D eigenvalue weighted by molar-refractivity contribution is -0.124. The van der Waals surface area contributed by atoms with Crippen LogP contribution in [0, 0.1) is 6.92 Å². The predicted molar refractivity (Wildman–Crippen MR) is 84.3 cm³/mol. The van der Waals surface area contributed by atoms with Crippen molar-refractivity contribution in [1.29, 1.82) is 0 Å². The molecular formula is C16H21N5O2. The molecule has 2 heterocycles. The van der Waals surface area contributed by atoms with Crippen LogP contribution in [-0.2, 0) is 11.3 Å². The monoisotopic (exact) mass is 315 g/mol. The number of nitrogens with zero attached hydrogens (tertiary/aromatic N) is 4. The van der Waals surface area contributed by atoms with Crippen molar-refractivity contribution in [2.75, 3.05) is 26.2 Å². The summed E-state index contributed by atoms with van der Waals surface area (Å²) in [5.74, 6) is -0.304. The maximum atomic E-state index is 11.9. The number of carbonyl (C=O) groups is 1. The Morgan fingerprint density at radius 1 is 1.22 bits per heavy atom. The van der Waals surface area contributed by atoms with Gasteiger partial charge in [0.15, 0.2) is 0 Å². The fraction of sp³-hybridized carbons (Fsp3) is 0.438. The topological polar surface area (TPSA) is 88.5 Å². The lowest BCUT2D eigenvalue weighted by Gasteiger charge is -2.38. The van der Waals surface area contributed by atoms with E-state index in [1.807, 2.05) is 37.3 Å². The van der Waals surface area contributed by atoms with Crippen LogP contribution in [0.2, 0.25) is 0 Å². The standard InChI is InChI=1S/C16H21N5O2/c1-12-14(19-23-18-12)11-20-7-9-21(10-8-20)15(16(17)22)13-5-3-2-4-6-13/h2-6,15H,7-11H2,1H3,(H2,17,22). The van der Waals surface area contributed by atoms with E-state index in [-0.39, 0.29) is 11.9 Å². The number of carbonyl (C=O) groups excluding carboxylic acids is 1. The highest BCUT2D eigenvalue weighted by molar-refractivity contribution is 5.81. The van der Waals surface area contributed by atoms with Crippen LogP contribution in [0.15, 0.2) is 35.0 Å². The van der Waals surface area contributed by atoms with Gasteiger partial charge in [-0.15, -0.1) is 0 Å². The zero-order chi connectivity index (χ0) is 16.2. The van der Waals surface area contributed by atoms with Gasteiger partial charge < -0.3 is 5.73 Å². The van der Waals surface area contributed by atoms with E-state index in [4.69, 9.17) is 10.4 Å². The molecule has 1 aliphatic rings. The minimum atomic E-state index is -0.367. The summed E-state index contributed by atoms with van der Waals surface area (Å²) >= 11 is 0. The summed E-state index contributed by atoms with van der Waals surface area (Å²) in [7, 11) is 0. The van der Waals surface area contributed by atoms with Crippen molar-refractivity contribution in [1.82, 2.24) is 20.1 Å². The van der Waals surface area contributed by atoms with Crippen molar-refractivity contribution in [3.05, 3.63) is 47.3 Å². The van der Waals surface area contributed by atoms with Gasteiger partial charge in [0.2, 0.25) is 5.91 Å². The van der Waals surface area contributed by atoms with Gasteiger partial charge in [-0.3, -0.25) is 14.6 Å². The molecule has 1 saturated heterocycles. The van der Waals surface area contributed by atoms with Crippen molar-refractivity contribution in [2.45, 2.75) is 19.5 Å². The van der Waals surface area contributed by atoms with Gasteiger partial charge in [-0.1, -0.05) is 40.6 Å². The van der Waals surface area contributed by atoms with E-state index in [1.54, 1.807) is 0 Å². The fourth-order valence-electron chi connectivity index (χ4n) is 2.97. The molecule has 0 aliphatic carbocycles. The number of amides is 1. The van der Waals surface area contributed by atoms with Crippen LogP contribution in [0.4, 0.5) is 0 Å². The van der Waals surface area contributed by atoms with Crippen molar-refractivity contribution in [3.63, 3.8) is 0 Å². The molecule has 1 atom stereocenters. The van der Waals surface area contributed by atoms with Gasteiger partial charge in [0.1, 0.15) is 17.4 Å². The van der Waals surface area contributed by atoms with Crippen LogP contribution in [0.5, 0.6) is 0 Å². The Kier molecular flexibility index (Phi) is 4.68. The molecule has 23 heavy (non-hydrogen) atoms. The van der Waals surface area contributed by atoms with Crippen LogP contribution >= 0.6 is 0 Å². The SMILES string of the molecule is Cc1nonc1CN1CCN(C(C(N)=O)c2ccccc2)CC1. The van der Waals surface area contributed by atoms with Crippen molar-refractivity contribution >= 4 is 5.91 Å². The lowest BCUT2D eigenvalue weighted by Crippen LogP contribution is -2.50. The van der Waals surface area contributed by atoms with E-state index < -0.39 is 0 Å². The predicted octanol–water partition coefficient (Wildman–Crippen LogP) is 0.722. The third kappa shape index (κ3) is 3.57. The van der Waals surface area contributed by atoms with Gasteiger partial charge in [-0.05, 0) is 12.5 Å². The Balaban J connectivity index is 1.63. The normalized spacial score (nSPS) is 18.0. The largest absolute Gasteiger partial charge is 0.368 e. The number of piperazine rings is 1. The number of benzene rings is 1. The third-order valence-corrected chi connectivity index (χ3v) is 4.28. The molecular weight excluding hydrogens is 294 g/mol. The number of aryl methyl sites for hydroxylation is 1. The first kappa shape index (κ1) is 15.6. The van der Waals surface area contributed by atoms with Gasteiger partial charge in [0.25, 0.3) is 0 Å². The Morgan fingerprint density at radius 2 is 1.91 bits per heavy atom. The maximum Gasteiger partial charge on any atom is 0.239 e. The zero-order valence-electron chi connectivity index (χ0n) is 13.2. The van der Waals surface area contributed by atoms with Crippen molar-refractivity contribution in [2.24, 2.45) is 5.73 Å². The lowest BCUT2D eigenvalue weighted by atomic mass is 10.0. The van der Waals surface area contributed by atoms with Crippen molar-refractivity contribution in [3.8, 4) is 0 Å². The highest BCUT2D eigenvalue weighted by Gasteiger charge is 2.29. The first-order valence-corrected chi connectivity index (χ1v) is 7.74. The number of hydrogen-bond donors (Lipinski definition) is 1. The molecule has 1 aromatic heterocycles. The summed E-state index contributed by atoms with van der Waals surface area (Å²) in [4.78, 5) is 16.3. The van der Waals surface area contributed by atoms with Crippen LogP contribution < -0.4 is 5.73 Å². The van der Waals surface area contributed by atoms with E-state index in [9.17, 15) is 4.79 Å². The summed E-state index contributed by atoms with van der Waals surface area (Å²) in [6.45, 7) is 5.88. The molecule has 2 N–H and O–H groups in total. The molecule has 122 valence electrons. The minimum absolute atomic E-state index is 0.304. The molecule has 1 aromatic carbocycles.